The van der Waals surface area contributed by atoms with Crippen molar-refractivity contribution in [2.24, 2.45) is 0 Å². The minimum absolute atomic E-state index is 0. The third-order valence-corrected chi connectivity index (χ3v) is 8.26. The van der Waals surface area contributed by atoms with E-state index in [1.807, 2.05) is 36.4 Å². The number of methoxy groups -OCH3 is 1. The quantitative estimate of drug-likeness (QED) is 0.306. The second-order valence-corrected chi connectivity index (χ2v) is 11.8. The summed E-state index contributed by atoms with van der Waals surface area (Å²) in [7, 11) is 1.39. The highest BCUT2D eigenvalue weighted by atomic mass is 35.5. The number of hydrogen-bond acceptors (Lipinski definition) is 9. The van der Waals surface area contributed by atoms with Gasteiger partial charge in [0.05, 0.1) is 18.8 Å². The lowest BCUT2D eigenvalue weighted by Gasteiger charge is -2.53. The molecule has 2 aliphatic heterocycles. The van der Waals surface area contributed by atoms with Crippen LogP contribution in [0.4, 0.5) is 13.2 Å². The van der Waals surface area contributed by atoms with Gasteiger partial charge in [-0.25, -0.2) is 0 Å². The molecule has 2 fully saturated rings. The number of fused-ring (bicyclic) bond motifs is 1. The molecule has 0 aliphatic carbocycles. The second-order valence-electron chi connectivity index (χ2n) is 11.8. The maximum absolute atomic E-state index is 12.9. The van der Waals surface area contributed by atoms with E-state index in [1.54, 1.807) is 18.7 Å². The highest BCUT2D eigenvalue weighted by Crippen LogP contribution is 2.38. The molecule has 1 amide bonds. The van der Waals surface area contributed by atoms with Crippen LogP contribution in [0.1, 0.15) is 36.5 Å². The third-order valence-electron chi connectivity index (χ3n) is 8.26. The number of ether oxygens (including phenoxy) is 3. The molecule has 48 heavy (non-hydrogen) atoms. The Morgan fingerprint density at radius 3 is 2.08 bits per heavy atom. The van der Waals surface area contributed by atoms with Crippen molar-refractivity contribution in [3.05, 3.63) is 77.4 Å². The minimum atomic E-state index is -4.57. The Balaban J connectivity index is 0.00000312. The molecule has 2 saturated heterocycles. The Bertz CT molecular complexity index is 1420. The molecule has 0 radical (unpaired) electrons. The van der Waals surface area contributed by atoms with Crippen LogP contribution in [0.5, 0.6) is 17.8 Å². The summed E-state index contributed by atoms with van der Waals surface area (Å²) >= 11 is 0. The van der Waals surface area contributed by atoms with E-state index in [0.29, 0.717) is 38.3 Å². The van der Waals surface area contributed by atoms with Gasteiger partial charge in [0.25, 0.3) is 0 Å². The Morgan fingerprint density at radius 2 is 1.54 bits per heavy atom. The highest BCUT2D eigenvalue weighted by molar-refractivity contribution is 5.85. The van der Waals surface area contributed by atoms with Gasteiger partial charge in [0.15, 0.2) is 6.61 Å². The van der Waals surface area contributed by atoms with Crippen LogP contribution >= 0.6 is 24.8 Å². The first-order valence-electron chi connectivity index (χ1n) is 15.3. The van der Waals surface area contributed by atoms with Gasteiger partial charge in [0, 0.05) is 57.3 Å². The molecule has 0 spiro atoms. The molecule has 3 aromatic rings. The van der Waals surface area contributed by atoms with E-state index >= 15 is 0 Å². The van der Waals surface area contributed by atoms with E-state index in [9.17, 15) is 23.1 Å². The van der Waals surface area contributed by atoms with Gasteiger partial charge in [0.2, 0.25) is 17.7 Å². The van der Waals surface area contributed by atoms with Gasteiger partial charge in [-0.1, -0.05) is 60.7 Å². The zero-order chi connectivity index (χ0) is 32.8. The van der Waals surface area contributed by atoms with Crippen molar-refractivity contribution in [2.45, 2.75) is 50.7 Å². The van der Waals surface area contributed by atoms with E-state index in [-0.39, 0.29) is 73.1 Å². The average Bonchev–Trinajstić information content (AvgIpc) is 3.04. The first-order valence-corrected chi connectivity index (χ1v) is 15.3. The number of carbonyl (C=O) groups excluding carboxylic acids is 1. The van der Waals surface area contributed by atoms with Crippen LogP contribution < -0.4 is 14.2 Å². The molecule has 10 nitrogen and oxygen atoms in total. The summed E-state index contributed by atoms with van der Waals surface area (Å²) in [6.07, 6.45) is -4.90. The molecular weight excluding hydrogens is 674 g/mol. The number of hydrogen-bond donors (Lipinski definition) is 1. The summed E-state index contributed by atoms with van der Waals surface area (Å²) in [6, 6.07) is 20.0. The number of aliphatic hydroxyl groups is 1. The van der Waals surface area contributed by atoms with Crippen LogP contribution in [0.15, 0.2) is 60.7 Å². The number of halogens is 5. The lowest BCUT2D eigenvalue weighted by Crippen LogP contribution is -2.67. The molecule has 2 atom stereocenters. The number of piperazine rings is 2. The Kier molecular flexibility index (Phi) is 14.1. The summed E-state index contributed by atoms with van der Waals surface area (Å²) in [5.41, 5.74) is 2.80. The standard InChI is InChI=1S/C33H40F3N5O5.2ClH/c1-22(2)46-31-26(30(44-3)37-32(38-31)45-21-33(34,35)36)18-39-16-25-17-40(28(43)20-42)14-15-41(25)27(19-39)29(23-10-6-4-7-11-23)24-12-8-5-9-13-24;;/h4-13,22,25,27,29,42H,14-21H2,1-3H3;2*1H/t25-,27+;;/m1../s1. The van der Waals surface area contributed by atoms with Gasteiger partial charge >= 0.3 is 12.2 Å². The molecule has 0 saturated carbocycles. The lowest BCUT2D eigenvalue weighted by molar-refractivity contribution is -0.154. The van der Waals surface area contributed by atoms with E-state index in [2.05, 4.69) is 44.0 Å². The number of aromatic nitrogens is 2. The van der Waals surface area contributed by atoms with Crippen LogP contribution in [0.25, 0.3) is 0 Å². The molecule has 15 heteroatoms. The zero-order valence-electron chi connectivity index (χ0n) is 27.0. The molecular formula is C33H42Cl2F3N5O5. The van der Waals surface area contributed by atoms with Gasteiger partial charge in [0.1, 0.15) is 6.61 Å². The van der Waals surface area contributed by atoms with Crippen LogP contribution in [-0.2, 0) is 11.3 Å². The third kappa shape index (κ3) is 9.63. The Labute approximate surface area is 291 Å². The maximum Gasteiger partial charge on any atom is 0.422 e. The van der Waals surface area contributed by atoms with Crippen molar-refractivity contribution in [1.29, 1.82) is 0 Å². The van der Waals surface area contributed by atoms with Gasteiger partial charge < -0.3 is 24.2 Å². The van der Waals surface area contributed by atoms with E-state index in [0.717, 1.165) is 11.1 Å². The minimum Gasteiger partial charge on any atom is -0.481 e. The summed E-state index contributed by atoms with van der Waals surface area (Å²) in [4.78, 5) is 27.3. The maximum atomic E-state index is 12.9. The summed E-state index contributed by atoms with van der Waals surface area (Å²) in [5.74, 6) is -0.171. The fraction of sp³-hybridized carbons (Fsp3) is 0.485. The predicted molar refractivity (Wildman–Crippen MR) is 178 cm³/mol. The van der Waals surface area contributed by atoms with Crippen LogP contribution in [-0.4, -0.2) is 113 Å². The fourth-order valence-corrected chi connectivity index (χ4v) is 6.41. The van der Waals surface area contributed by atoms with Crippen molar-refractivity contribution in [2.75, 3.05) is 53.0 Å². The molecule has 3 heterocycles. The second kappa shape index (κ2) is 17.3. The van der Waals surface area contributed by atoms with Crippen LogP contribution in [0.2, 0.25) is 0 Å². The number of amides is 1. The van der Waals surface area contributed by atoms with Crippen molar-refractivity contribution in [3.8, 4) is 17.8 Å². The summed E-state index contributed by atoms with van der Waals surface area (Å²) in [5, 5.41) is 9.60. The molecule has 0 unspecified atom stereocenters. The van der Waals surface area contributed by atoms with Gasteiger partial charge in [-0.05, 0) is 25.0 Å². The molecule has 264 valence electrons. The summed E-state index contributed by atoms with van der Waals surface area (Å²) in [6.45, 7) is 4.54. The SMILES string of the molecule is COc1nc(OCC(F)(F)F)nc(OC(C)C)c1CN1C[C@@H]2CN(C(=O)CO)CCN2[C@H](C(c2ccccc2)c2ccccc2)C1.Cl.Cl. The van der Waals surface area contributed by atoms with Gasteiger partial charge in [-0.15, -0.1) is 24.8 Å². The number of nitrogens with zero attached hydrogens (tertiary/aromatic N) is 5. The number of aliphatic hydroxyl groups excluding tert-OH is 1. The lowest BCUT2D eigenvalue weighted by atomic mass is 9.81. The molecule has 1 aromatic heterocycles. The highest BCUT2D eigenvalue weighted by Gasteiger charge is 2.43. The monoisotopic (exact) mass is 715 g/mol. The van der Waals surface area contributed by atoms with Crippen LogP contribution in [0, 0.1) is 0 Å². The molecule has 2 aromatic carbocycles. The van der Waals surface area contributed by atoms with Crippen molar-refractivity contribution >= 4 is 30.7 Å². The normalized spacial score (nSPS) is 18.5. The van der Waals surface area contributed by atoms with E-state index in [4.69, 9.17) is 14.2 Å². The first kappa shape index (κ1) is 39.1. The fourth-order valence-electron chi connectivity index (χ4n) is 6.41. The Morgan fingerprint density at radius 1 is 0.938 bits per heavy atom. The number of rotatable bonds is 11. The average molecular weight is 717 g/mol. The topological polar surface area (TPSA) is 100 Å². The van der Waals surface area contributed by atoms with Gasteiger partial charge in [-0.2, -0.15) is 23.1 Å². The van der Waals surface area contributed by atoms with Gasteiger partial charge in [-0.3, -0.25) is 14.6 Å². The largest absolute Gasteiger partial charge is 0.481 e. The number of carbonyl (C=O) groups is 1. The molecule has 1 N–H and O–H groups in total. The first-order chi connectivity index (χ1) is 22.1. The van der Waals surface area contributed by atoms with E-state index in [1.165, 1.54) is 7.11 Å². The number of alkyl halides is 3. The Hall–Kier alpha value is -3.36. The zero-order valence-corrected chi connectivity index (χ0v) is 28.6. The van der Waals surface area contributed by atoms with E-state index < -0.39 is 25.4 Å². The number of benzene rings is 2. The molecule has 2 aliphatic rings. The molecule has 0 bridgehead atoms. The molecule has 5 rings (SSSR count). The van der Waals surface area contributed by atoms with Crippen LogP contribution in [0.3, 0.4) is 0 Å². The summed E-state index contributed by atoms with van der Waals surface area (Å²) < 4.78 is 55.1. The predicted octanol–water partition coefficient (Wildman–Crippen LogP) is 4.58. The van der Waals surface area contributed by atoms with Crippen molar-refractivity contribution < 1.29 is 37.3 Å². The smallest absolute Gasteiger partial charge is 0.422 e. The van der Waals surface area contributed by atoms with Crippen molar-refractivity contribution in [1.82, 2.24) is 24.7 Å². The van der Waals surface area contributed by atoms with Crippen molar-refractivity contribution in [3.63, 3.8) is 0 Å².